The van der Waals surface area contributed by atoms with Gasteiger partial charge in [0.15, 0.2) is 0 Å². The van der Waals surface area contributed by atoms with E-state index in [1.165, 1.54) is 5.56 Å². The van der Waals surface area contributed by atoms with Crippen molar-refractivity contribution in [3.05, 3.63) is 29.8 Å². The quantitative estimate of drug-likeness (QED) is 0.334. The fourth-order valence-corrected chi connectivity index (χ4v) is 1.62. The van der Waals surface area contributed by atoms with Gasteiger partial charge < -0.3 is 10.8 Å². The third-order valence-corrected chi connectivity index (χ3v) is 2.79. The molecular weight excluding hydrogens is 262 g/mol. The van der Waals surface area contributed by atoms with Crippen LogP contribution in [-0.2, 0) is 6.42 Å². The molecule has 0 unspecified atom stereocenters. The number of terminal acetylenes is 1. The lowest BCUT2D eigenvalue weighted by atomic mass is 10.1. The molecule has 0 amide bonds. The van der Waals surface area contributed by atoms with E-state index in [-0.39, 0.29) is 0 Å². The Labute approximate surface area is 128 Å². The molecule has 0 fully saturated rings. The Morgan fingerprint density at radius 1 is 1.33 bits per heavy atom. The number of hydrogen-bond acceptors (Lipinski definition) is 4. The Morgan fingerprint density at radius 3 is 2.38 bits per heavy atom. The summed E-state index contributed by atoms with van der Waals surface area (Å²) in [5.74, 6) is 2.55. The number of hydrogen-bond donors (Lipinski definition) is 2. The van der Waals surface area contributed by atoms with Crippen LogP contribution in [0.4, 0.5) is 5.69 Å². The summed E-state index contributed by atoms with van der Waals surface area (Å²) in [7, 11) is 0. The van der Waals surface area contributed by atoms with Crippen LogP contribution in [0.15, 0.2) is 29.4 Å². The van der Waals surface area contributed by atoms with Crippen LogP contribution >= 0.6 is 0 Å². The Balaban J connectivity index is 0.000000885. The highest BCUT2D eigenvalue weighted by Gasteiger charge is 2.01. The van der Waals surface area contributed by atoms with Gasteiger partial charge in [-0.15, -0.1) is 6.42 Å². The summed E-state index contributed by atoms with van der Waals surface area (Å²) in [6.07, 6.45) is 9.40. The number of aliphatic hydroxyl groups excluding tert-OH is 1. The Morgan fingerprint density at radius 2 is 1.95 bits per heavy atom. The Kier molecular flexibility index (Phi) is 12.0. The van der Waals surface area contributed by atoms with Crippen molar-refractivity contribution < 1.29 is 5.11 Å². The molecule has 4 heteroatoms. The highest BCUT2D eigenvalue weighted by molar-refractivity contribution is 5.49. The molecule has 1 aromatic carbocycles. The first kappa shape index (κ1) is 19.2. The second-order valence-corrected chi connectivity index (χ2v) is 4.54. The lowest BCUT2D eigenvalue weighted by Crippen LogP contribution is -2.15. The molecule has 0 bridgehead atoms. The van der Waals surface area contributed by atoms with Crippen molar-refractivity contribution >= 4 is 12.4 Å². The zero-order valence-corrected chi connectivity index (χ0v) is 13.0. The van der Waals surface area contributed by atoms with Gasteiger partial charge in [-0.05, 0) is 49.9 Å². The van der Waals surface area contributed by atoms with Crippen LogP contribution in [-0.4, -0.2) is 31.5 Å². The molecule has 0 aliphatic heterocycles. The van der Waals surface area contributed by atoms with E-state index in [9.17, 15) is 0 Å². The fraction of sp³-hybridized carbons (Fsp3) is 0.471. The third kappa shape index (κ3) is 8.85. The number of unbranched alkanes of at least 4 members (excludes halogenated alkanes) is 1. The first-order valence-electron chi connectivity index (χ1n) is 7.30. The van der Waals surface area contributed by atoms with Crippen molar-refractivity contribution in [2.24, 2.45) is 10.8 Å². The lowest BCUT2D eigenvalue weighted by molar-refractivity contribution is 0.295. The van der Waals surface area contributed by atoms with Crippen LogP contribution in [0.25, 0.3) is 0 Å². The number of anilines is 1. The topological polar surface area (TPSA) is 61.8 Å². The third-order valence-electron chi connectivity index (χ3n) is 2.79. The van der Waals surface area contributed by atoms with E-state index in [1.54, 1.807) is 5.01 Å². The summed E-state index contributed by atoms with van der Waals surface area (Å²) in [6.45, 7) is 6.95. The molecule has 0 saturated carbocycles. The van der Waals surface area contributed by atoms with Gasteiger partial charge in [-0.3, -0.25) is 5.01 Å². The Hall–Kier alpha value is -1.83. The van der Waals surface area contributed by atoms with Gasteiger partial charge in [-0.1, -0.05) is 25.0 Å². The first-order valence-corrected chi connectivity index (χ1v) is 7.30. The van der Waals surface area contributed by atoms with Gasteiger partial charge in [0, 0.05) is 13.3 Å². The molecule has 0 saturated heterocycles. The molecule has 0 radical (unpaired) electrons. The minimum atomic E-state index is 0.319. The smallest absolute Gasteiger partial charge is 0.102 e. The average Bonchev–Trinajstić information content (AvgIpc) is 2.54. The summed E-state index contributed by atoms with van der Waals surface area (Å²) < 4.78 is 0. The molecule has 1 rings (SSSR count). The molecule has 0 aliphatic rings. The van der Waals surface area contributed by atoms with Crippen LogP contribution in [0.1, 0.15) is 31.7 Å². The zero-order valence-electron chi connectivity index (χ0n) is 13.0. The minimum absolute atomic E-state index is 0.319. The summed E-state index contributed by atoms with van der Waals surface area (Å²) in [4.78, 5) is 0. The van der Waals surface area contributed by atoms with Gasteiger partial charge in [0.2, 0.25) is 0 Å². The first-order chi connectivity index (χ1) is 10.2. The maximum atomic E-state index is 7.88. The number of aryl methyl sites for hydroxylation is 1. The second-order valence-electron chi connectivity index (χ2n) is 4.54. The normalized spacial score (nSPS) is 9.24. The molecule has 4 nitrogen and oxygen atoms in total. The van der Waals surface area contributed by atoms with Crippen molar-refractivity contribution in [3.63, 3.8) is 0 Å². The second kappa shape index (κ2) is 13.2. The van der Waals surface area contributed by atoms with Crippen LogP contribution < -0.4 is 10.7 Å². The summed E-state index contributed by atoms with van der Waals surface area (Å²) in [5, 5.41) is 13.5. The summed E-state index contributed by atoms with van der Waals surface area (Å²) >= 11 is 0. The highest BCUT2D eigenvalue weighted by atomic mass is 16.2. The number of benzene rings is 1. The van der Waals surface area contributed by atoms with Gasteiger partial charge >= 0.3 is 0 Å². The molecule has 1 aromatic rings. The van der Waals surface area contributed by atoms with Crippen molar-refractivity contribution in [3.8, 4) is 12.3 Å². The largest absolute Gasteiger partial charge is 0.396 e. The van der Waals surface area contributed by atoms with Gasteiger partial charge in [0.1, 0.15) is 6.54 Å². The van der Waals surface area contributed by atoms with E-state index in [4.69, 9.17) is 17.3 Å². The van der Waals surface area contributed by atoms with Crippen LogP contribution in [0.5, 0.6) is 0 Å². The molecule has 0 aliphatic carbocycles. The zero-order chi connectivity index (χ0) is 15.9. The van der Waals surface area contributed by atoms with Crippen molar-refractivity contribution in [2.45, 2.75) is 32.6 Å². The van der Waals surface area contributed by atoms with Crippen molar-refractivity contribution in [2.75, 3.05) is 24.7 Å². The van der Waals surface area contributed by atoms with Crippen LogP contribution in [0, 0.1) is 12.3 Å². The van der Waals surface area contributed by atoms with E-state index < -0.39 is 0 Å². The predicted molar refractivity (Wildman–Crippen MR) is 91.5 cm³/mol. The molecule has 0 aromatic heterocycles. The molecule has 0 heterocycles. The van der Waals surface area contributed by atoms with E-state index in [0.717, 1.165) is 37.9 Å². The van der Waals surface area contributed by atoms with Crippen LogP contribution in [0.3, 0.4) is 0 Å². The van der Waals surface area contributed by atoms with E-state index in [1.807, 2.05) is 19.1 Å². The number of nitrogens with zero attached hydrogens (tertiary/aromatic N) is 2. The highest BCUT2D eigenvalue weighted by Crippen LogP contribution is 2.16. The molecule has 21 heavy (non-hydrogen) atoms. The van der Waals surface area contributed by atoms with E-state index in [0.29, 0.717) is 13.2 Å². The number of rotatable bonds is 8. The number of nitrogens with two attached hydrogens (primary N) is 1. The van der Waals surface area contributed by atoms with Crippen molar-refractivity contribution in [1.82, 2.24) is 0 Å². The molecule has 116 valence electrons. The van der Waals surface area contributed by atoms with Gasteiger partial charge in [-0.25, -0.2) is 0 Å². The van der Waals surface area contributed by atoms with E-state index in [2.05, 4.69) is 29.9 Å². The van der Waals surface area contributed by atoms with Crippen molar-refractivity contribution in [1.29, 1.82) is 0 Å². The maximum Gasteiger partial charge on any atom is 0.102 e. The van der Waals surface area contributed by atoms with Gasteiger partial charge in [0.25, 0.3) is 0 Å². The number of aliphatic hydroxyl groups is 1. The monoisotopic (exact) mass is 289 g/mol. The Bertz CT molecular complexity index is 407. The minimum Gasteiger partial charge on any atom is -0.396 e. The molecule has 3 N–H and O–H groups in total. The fourth-order valence-electron chi connectivity index (χ4n) is 1.62. The molecule has 0 atom stereocenters. The average molecular weight is 289 g/mol. The number of hydrazone groups is 1. The standard InChI is InChI=1S/C14H19N3.C3H8O/c1-3-12-17(16-2)14-9-7-13(8-10-14)6-4-5-11-15;1-2-3-4/h1,7-10H,2,4-6,11-12,15H2;4H,2-3H2,1H3. The lowest BCUT2D eigenvalue weighted by Gasteiger charge is -2.15. The summed E-state index contributed by atoms with van der Waals surface area (Å²) in [5.41, 5.74) is 7.75. The van der Waals surface area contributed by atoms with Gasteiger partial charge in [-0.2, -0.15) is 5.10 Å². The SMILES string of the molecule is C#CCN(N=C)c1ccc(CCCCN)cc1.CCCO. The predicted octanol–water partition coefficient (Wildman–Crippen LogP) is 2.41. The van der Waals surface area contributed by atoms with Gasteiger partial charge in [0.05, 0.1) is 5.69 Å². The summed E-state index contributed by atoms with van der Waals surface area (Å²) in [6, 6.07) is 8.23. The van der Waals surface area contributed by atoms with Crippen LogP contribution in [0.2, 0.25) is 0 Å². The molecule has 0 spiro atoms. The maximum absolute atomic E-state index is 7.88. The molecular formula is C17H27N3O. The van der Waals surface area contributed by atoms with E-state index >= 15 is 0 Å².